The topological polar surface area (TPSA) is 53.2 Å². The van der Waals surface area contributed by atoms with Crippen LogP contribution in [0.25, 0.3) is 17.5 Å². The Morgan fingerprint density at radius 2 is 1.71 bits per heavy atom. The molecule has 0 saturated heterocycles. The van der Waals surface area contributed by atoms with Gasteiger partial charge in [0.1, 0.15) is 5.75 Å². The summed E-state index contributed by atoms with van der Waals surface area (Å²) in [5, 5.41) is 0. The Hall–Kier alpha value is -2.49. The molecule has 0 saturated carbocycles. The molecule has 2 aromatic heterocycles. The minimum Gasteiger partial charge on any atom is -0.489 e. The van der Waals surface area contributed by atoms with Gasteiger partial charge in [-0.1, -0.05) is 58.3 Å². The zero-order chi connectivity index (χ0) is 21.9. The van der Waals surface area contributed by atoms with Gasteiger partial charge in [0.05, 0.1) is 28.9 Å². The van der Waals surface area contributed by atoms with Crippen molar-refractivity contribution in [3.8, 4) is 17.1 Å². The molecule has 0 aromatic carbocycles. The number of aromatic amines is 2. The summed E-state index contributed by atoms with van der Waals surface area (Å²) < 4.78 is 6.03. The van der Waals surface area contributed by atoms with Gasteiger partial charge in [-0.2, -0.15) is 0 Å². The van der Waals surface area contributed by atoms with Crippen LogP contribution in [0.2, 0.25) is 0 Å². The monoisotopic (exact) mass is 421 g/mol. The third-order valence-corrected chi connectivity index (χ3v) is 5.61. The number of aliphatic imine (C=N–C) groups is 1. The first kappa shape index (κ1) is 23.2. The molecule has 0 unspecified atom stereocenters. The molecule has 2 aromatic rings. The highest BCUT2D eigenvalue weighted by molar-refractivity contribution is 5.99. The molecule has 0 atom stereocenters. The highest BCUT2D eigenvalue weighted by Crippen LogP contribution is 2.30. The number of ether oxygens (including phenoxy) is 1. The van der Waals surface area contributed by atoms with Gasteiger partial charge in [-0.3, -0.25) is 4.99 Å². The first-order valence-electron chi connectivity index (χ1n) is 12.2. The molecule has 0 fully saturated rings. The van der Waals surface area contributed by atoms with E-state index >= 15 is 0 Å². The lowest BCUT2D eigenvalue weighted by Gasteiger charge is -2.08. The Morgan fingerprint density at radius 3 is 2.39 bits per heavy atom. The van der Waals surface area contributed by atoms with Gasteiger partial charge in [0.25, 0.3) is 0 Å². The maximum Gasteiger partial charge on any atom is 0.145 e. The first-order valence-corrected chi connectivity index (χ1v) is 12.2. The molecule has 0 amide bonds. The fourth-order valence-corrected chi connectivity index (χ4v) is 3.96. The minimum atomic E-state index is 0.120. The van der Waals surface area contributed by atoms with Crippen LogP contribution < -0.4 is 4.74 Å². The summed E-state index contributed by atoms with van der Waals surface area (Å²) in [6.45, 7) is 6.38. The molecule has 0 radical (unpaired) electrons. The van der Waals surface area contributed by atoms with Crippen molar-refractivity contribution in [3.63, 3.8) is 0 Å². The fourth-order valence-electron chi connectivity index (χ4n) is 3.96. The summed E-state index contributed by atoms with van der Waals surface area (Å²) in [5.41, 5.74) is 5.21. The molecule has 168 valence electrons. The summed E-state index contributed by atoms with van der Waals surface area (Å²) >= 11 is 0. The maximum atomic E-state index is 6.03. The Morgan fingerprint density at radius 1 is 0.968 bits per heavy atom. The van der Waals surface area contributed by atoms with Crippen LogP contribution in [0.4, 0.5) is 0 Å². The van der Waals surface area contributed by atoms with Crippen LogP contribution in [0, 0.1) is 0 Å². The molecule has 2 N–H and O–H groups in total. The van der Waals surface area contributed by atoms with E-state index in [1.807, 2.05) is 12.3 Å². The number of unbranched alkanes of at least 4 members (excludes halogenated alkanes) is 8. The summed E-state index contributed by atoms with van der Waals surface area (Å²) in [6.07, 6.45) is 21.7. The largest absolute Gasteiger partial charge is 0.489 e. The van der Waals surface area contributed by atoms with Crippen LogP contribution >= 0.6 is 0 Å². The van der Waals surface area contributed by atoms with E-state index in [0.717, 1.165) is 34.9 Å². The normalized spacial score (nSPS) is 14.7. The van der Waals surface area contributed by atoms with Gasteiger partial charge < -0.3 is 14.7 Å². The highest BCUT2D eigenvalue weighted by Gasteiger charge is 2.13. The van der Waals surface area contributed by atoms with E-state index in [9.17, 15) is 0 Å². The molecule has 3 rings (SSSR count). The fraction of sp³-hybridized carbons (Fsp3) is 0.519. The van der Waals surface area contributed by atoms with Crippen LogP contribution in [-0.4, -0.2) is 21.8 Å². The second kappa shape index (κ2) is 12.4. The lowest BCUT2D eigenvalue weighted by Crippen LogP contribution is -2.05. The summed E-state index contributed by atoms with van der Waals surface area (Å²) in [6, 6.07) is 6.11. The lowest BCUT2D eigenvalue weighted by atomic mass is 10.1. The summed E-state index contributed by atoms with van der Waals surface area (Å²) in [7, 11) is 0. The Bertz CT molecular complexity index is 868. The minimum absolute atomic E-state index is 0.120. The molecule has 1 aliphatic heterocycles. The van der Waals surface area contributed by atoms with Crippen LogP contribution in [0.5, 0.6) is 5.75 Å². The second-order valence-electron chi connectivity index (χ2n) is 8.80. The number of rotatable bonds is 14. The van der Waals surface area contributed by atoms with E-state index < -0.39 is 0 Å². The van der Waals surface area contributed by atoms with E-state index in [1.165, 1.54) is 63.5 Å². The Kier molecular flexibility index (Phi) is 9.26. The number of nitrogens with one attached hydrogen (secondary N) is 2. The number of hydrogen-bond donors (Lipinski definition) is 2. The van der Waals surface area contributed by atoms with Crippen LogP contribution in [-0.2, 0) is 0 Å². The third-order valence-electron chi connectivity index (χ3n) is 5.61. The molecule has 3 heterocycles. The van der Waals surface area contributed by atoms with Crippen molar-refractivity contribution in [1.82, 2.24) is 9.97 Å². The molecule has 31 heavy (non-hydrogen) atoms. The maximum absolute atomic E-state index is 6.03. The summed E-state index contributed by atoms with van der Waals surface area (Å²) in [5.74, 6) is 0.864. The number of hydrogen-bond acceptors (Lipinski definition) is 2. The smallest absolute Gasteiger partial charge is 0.145 e. The van der Waals surface area contributed by atoms with Gasteiger partial charge >= 0.3 is 0 Å². The molecule has 4 nitrogen and oxygen atoms in total. The van der Waals surface area contributed by atoms with E-state index in [-0.39, 0.29) is 6.10 Å². The number of nitrogens with zero attached hydrogens (tertiary/aromatic N) is 1. The predicted molar refractivity (Wildman–Crippen MR) is 133 cm³/mol. The number of aromatic nitrogens is 2. The van der Waals surface area contributed by atoms with E-state index in [4.69, 9.17) is 9.73 Å². The van der Waals surface area contributed by atoms with Gasteiger partial charge in [0, 0.05) is 18.0 Å². The van der Waals surface area contributed by atoms with Gasteiger partial charge in [-0.15, -0.1) is 0 Å². The van der Waals surface area contributed by atoms with Crippen molar-refractivity contribution in [1.29, 1.82) is 0 Å². The molecule has 4 heteroatoms. The molecule has 1 aliphatic rings. The van der Waals surface area contributed by atoms with Gasteiger partial charge in [0.15, 0.2) is 0 Å². The van der Waals surface area contributed by atoms with Gasteiger partial charge in [-0.05, 0) is 57.0 Å². The van der Waals surface area contributed by atoms with Crippen LogP contribution in [0.15, 0.2) is 47.2 Å². The van der Waals surface area contributed by atoms with Crippen molar-refractivity contribution in [2.24, 2.45) is 4.99 Å². The molecular formula is C27H39N3O. The Balaban J connectivity index is 1.50. The van der Waals surface area contributed by atoms with Crippen molar-refractivity contribution >= 4 is 11.8 Å². The average Bonchev–Trinajstić information content (AvgIpc) is 3.49. The SMILES string of the molecule is CCCCCCCCCCCC1=NC(=Cc2[nH]c(-c3ccc[nH]3)cc2OC(C)C)C=C1. The van der Waals surface area contributed by atoms with Crippen molar-refractivity contribution in [3.05, 3.63) is 47.9 Å². The van der Waals surface area contributed by atoms with E-state index in [0.29, 0.717) is 0 Å². The van der Waals surface area contributed by atoms with Gasteiger partial charge in [-0.25, -0.2) is 0 Å². The van der Waals surface area contributed by atoms with Crippen LogP contribution in [0.1, 0.15) is 90.7 Å². The van der Waals surface area contributed by atoms with Crippen molar-refractivity contribution in [2.45, 2.75) is 91.1 Å². The zero-order valence-corrected chi connectivity index (χ0v) is 19.5. The number of allylic oxidation sites excluding steroid dienone is 2. The lowest BCUT2D eigenvalue weighted by molar-refractivity contribution is 0.242. The summed E-state index contributed by atoms with van der Waals surface area (Å²) in [4.78, 5) is 11.6. The molecule has 0 aliphatic carbocycles. The molecule has 0 bridgehead atoms. The third kappa shape index (κ3) is 7.61. The van der Waals surface area contributed by atoms with Crippen molar-refractivity contribution in [2.75, 3.05) is 0 Å². The highest BCUT2D eigenvalue weighted by atomic mass is 16.5. The molecule has 0 spiro atoms. The van der Waals surface area contributed by atoms with E-state index in [2.05, 4.69) is 61.1 Å². The van der Waals surface area contributed by atoms with Crippen molar-refractivity contribution < 1.29 is 4.74 Å². The standard InChI is InChI=1S/C27H39N3O/c1-4-5-6-7-8-9-10-11-12-14-22-16-17-23(29-22)19-26-27(31-21(2)3)20-25(30-26)24-15-13-18-28-24/h13,15-21,28,30H,4-12,14H2,1-3H3. The zero-order valence-electron chi connectivity index (χ0n) is 19.5. The molecular weight excluding hydrogens is 382 g/mol. The van der Waals surface area contributed by atoms with Crippen LogP contribution in [0.3, 0.4) is 0 Å². The quantitative estimate of drug-likeness (QED) is 0.298. The number of H-pyrrole nitrogens is 2. The predicted octanol–water partition coefficient (Wildman–Crippen LogP) is 8.07. The second-order valence-corrected chi connectivity index (χ2v) is 8.80. The first-order chi connectivity index (χ1) is 15.2. The average molecular weight is 422 g/mol. The van der Waals surface area contributed by atoms with E-state index in [1.54, 1.807) is 0 Å². The van der Waals surface area contributed by atoms with Gasteiger partial charge in [0.2, 0.25) is 0 Å². The Labute approximate surface area is 187 Å².